The van der Waals surface area contributed by atoms with Crippen molar-refractivity contribution in [2.75, 3.05) is 0 Å². The third-order valence-electron chi connectivity index (χ3n) is 1.99. The molecule has 7 nitrogen and oxygen atoms in total. The number of aryl methyl sites for hydroxylation is 2. The molecular formula is C9H11N5O2. The summed E-state index contributed by atoms with van der Waals surface area (Å²) in [7, 11) is 0. The molecule has 84 valence electrons. The standard InChI is InChI=1S/C9H11N5O2/c1-5-8(16-6(2)13-5)9(15)10-3-7-11-4-12-14-7/h4H,3H2,1-2H3,(H,10,15)(H,11,12,14). The van der Waals surface area contributed by atoms with Crippen molar-refractivity contribution in [3.63, 3.8) is 0 Å². The Kier molecular flexibility index (Phi) is 2.67. The van der Waals surface area contributed by atoms with Crippen molar-refractivity contribution in [1.29, 1.82) is 0 Å². The summed E-state index contributed by atoms with van der Waals surface area (Å²) in [5.41, 5.74) is 0.576. The zero-order valence-electron chi connectivity index (χ0n) is 8.94. The number of H-pyrrole nitrogens is 1. The second-order valence-electron chi connectivity index (χ2n) is 3.26. The maximum atomic E-state index is 11.7. The van der Waals surface area contributed by atoms with Crippen molar-refractivity contribution >= 4 is 5.91 Å². The highest BCUT2D eigenvalue weighted by atomic mass is 16.4. The number of nitrogens with zero attached hydrogens (tertiary/aromatic N) is 3. The van der Waals surface area contributed by atoms with Gasteiger partial charge in [-0.05, 0) is 6.92 Å². The average Bonchev–Trinajstić information content (AvgIpc) is 2.84. The second-order valence-corrected chi connectivity index (χ2v) is 3.26. The minimum atomic E-state index is -0.311. The number of aromatic nitrogens is 4. The summed E-state index contributed by atoms with van der Waals surface area (Å²) in [4.78, 5) is 19.6. The van der Waals surface area contributed by atoms with Crippen LogP contribution in [0, 0.1) is 13.8 Å². The molecular weight excluding hydrogens is 210 g/mol. The van der Waals surface area contributed by atoms with Crippen molar-refractivity contribution in [3.8, 4) is 0 Å². The fourth-order valence-corrected chi connectivity index (χ4v) is 1.30. The largest absolute Gasteiger partial charge is 0.436 e. The maximum Gasteiger partial charge on any atom is 0.289 e. The van der Waals surface area contributed by atoms with Crippen LogP contribution in [0.3, 0.4) is 0 Å². The molecule has 0 bridgehead atoms. The Hall–Kier alpha value is -2.18. The lowest BCUT2D eigenvalue weighted by Crippen LogP contribution is -2.23. The molecule has 0 saturated carbocycles. The number of hydrogen-bond donors (Lipinski definition) is 2. The molecule has 16 heavy (non-hydrogen) atoms. The SMILES string of the molecule is Cc1nc(C)c(C(=O)NCc2ncn[nH]2)o1. The van der Waals surface area contributed by atoms with Gasteiger partial charge in [-0.1, -0.05) is 0 Å². The van der Waals surface area contributed by atoms with Crippen LogP contribution in [0.25, 0.3) is 0 Å². The lowest BCUT2D eigenvalue weighted by atomic mass is 10.3. The smallest absolute Gasteiger partial charge is 0.289 e. The van der Waals surface area contributed by atoms with Gasteiger partial charge in [0.05, 0.1) is 12.2 Å². The van der Waals surface area contributed by atoms with E-state index in [1.165, 1.54) is 6.33 Å². The van der Waals surface area contributed by atoms with E-state index in [2.05, 4.69) is 25.5 Å². The summed E-state index contributed by atoms with van der Waals surface area (Å²) < 4.78 is 5.18. The zero-order valence-corrected chi connectivity index (χ0v) is 8.94. The van der Waals surface area contributed by atoms with Gasteiger partial charge in [0, 0.05) is 6.92 Å². The van der Waals surface area contributed by atoms with Gasteiger partial charge in [-0.2, -0.15) is 5.10 Å². The van der Waals surface area contributed by atoms with Crippen LogP contribution in [0.2, 0.25) is 0 Å². The highest BCUT2D eigenvalue weighted by Crippen LogP contribution is 2.08. The fraction of sp³-hybridized carbons (Fsp3) is 0.333. The molecule has 0 saturated heterocycles. The summed E-state index contributed by atoms with van der Waals surface area (Å²) in [6, 6.07) is 0. The van der Waals surface area contributed by atoms with Gasteiger partial charge < -0.3 is 9.73 Å². The van der Waals surface area contributed by atoms with Gasteiger partial charge in [-0.25, -0.2) is 9.97 Å². The molecule has 1 amide bonds. The number of nitrogens with one attached hydrogen (secondary N) is 2. The number of amides is 1. The van der Waals surface area contributed by atoms with E-state index in [-0.39, 0.29) is 18.2 Å². The van der Waals surface area contributed by atoms with Crippen LogP contribution in [-0.4, -0.2) is 26.1 Å². The zero-order chi connectivity index (χ0) is 11.5. The molecule has 0 aliphatic heterocycles. The summed E-state index contributed by atoms with van der Waals surface area (Å²) in [6.45, 7) is 3.69. The average molecular weight is 221 g/mol. The monoisotopic (exact) mass is 221 g/mol. The van der Waals surface area contributed by atoms with Crippen molar-refractivity contribution in [2.24, 2.45) is 0 Å². The van der Waals surface area contributed by atoms with Crippen molar-refractivity contribution < 1.29 is 9.21 Å². The van der Waals surface area contributed by atoms with Crippen LogP contribution < -0.4 is 5.32 Å². The van der Waals surface area contributed by atoms with E-state index in [1.54, 1.807) is 13.8 Å². The summed E-state index contributed by atoms with van der Waals surface area (Å²) in [6.07, 6.45) is 1.38. The van der Waals surface area contributed by atoms with E-state index in [0.717, 1.165) is 0 Å². The van der Waals surface area contributed by atoms with Gasteiger partial charge in [0.25, 0.3) is 5.91 Å². The first kappa shape index (κ1) is 10.3. The quantitative estimate of drug-likeness (QED) is 0.778. The van der Waals surface area contributed by atoms with Gasteiger partial charge in [-0.15, -0.1) is 0 Å². The molecule has 2 N–H and O–H groups in total. The van der Waals surface area contributed by atoms with E-state index in [0.29, 0.717) is 17.4 Å². The van der Waals surface area contributed by atoms with Crippen LogP contribution in [0.5, 0.6) is 0 Å². The molecule has 0 unspecified atom stereocenters. The molecule has 2 heterocycles. The third-order valence-corrected chi connectivity index (χ3v) is 1.99. The van der Waals surface area contributed by atoms with Gasteiger partial charge in [-0.3, -0.25) is 9.89 Å². The predicted molar refractivity (Wildman–Crippen MR) is 53.5 cm³/mol. The van der Waals surface area contributed by atoms with Gasteiger partial charge >= 0.3 is 0 Å². The van der Waals surface area contributed by atoms with Crippen LogP contribution in [0.15, 0.2) is 10.7 Å². The number of oxazole rings is 1. The van der Waals surface area contributed by atoms with Crippen LogP contribution in [0.1, 0.15) is 28.0 Å². The van der Waals surface area contributed by atoms with Gasteiger partial charge in [0.2, 0.25) is 5.76 Å². The van der Waals surface area contributed by atoms with E-state index < -0.39 is 0 Å². The van der Waals surface area contributed by atoms with Crippen molar-refractivity contribution in [1.82, 2.24) is 25.5 Å². The van der Waals surface area contributed by atoms with Gasteiger partial charge in [0.15, 0.2) is 5.89 Å². The molecule has 0 spiro atoms. The number of carbonyl (C=O) groups excluding carboxylic acids is 1. The normalized spacial score (nSPS) is 10.4. The third kappa shape index (κ3) is 2.08. The lowest BCUT2D eigenvalue weighted by Gasteiger charge is -1.99. The van der Waals surface area contributed by atoms with Crippen molar-refractivity contribution in [3.05, 3.63) is 29.5 Å². The van der Waals surface area contributed by atoms with E-state index in [4.69, 9.17) is 4.42 Å². The highest BCUT2D eigenvalue weighted by Gasteiger charge is 2.15. The van der Waals surface area contributed by atoms with Crippen LogP contribution in [-0.2, 0) is 6.54 Å². The first-order chi connectivity index (χ1) is 7.66. The molecule has 7 heteroatoms. The Morgan fingerprint density at radius 3 is 2.94 bits per heavy atom. The molecule has 0 aliphatic rings. The van der Waals surface area contributed by atoms with E-state index in [9.17, 15) is 4.79 Å². The Labute approximate surface area is 91.3 Å². The lowest BCUT2D eigenvalue weighted by molar-refractivity contribution is 0.0920. The minimum Gasteiger partial charge on any atom is -0.436 e. The first-order valence-electron chi connectivity index (χ1n) is 4.73. The Balaban J connectivity index is 2.01. The first-order valence-corrected chi connectivity index (χ1v) is 4.73. The van der Waals surface area contributed by atoms with Crippen molar-refractivity contribution in [2.45, 2.75) is 20.4 Å². The topological polar surface area (TPSA) is 96.7 Å². The molecule has 2 aromatic heterocycles. The minimum absolute atomic E-state index is 0.233. The molecule has 2 aromatic rings. The van der Waals surface area contributed by atoms with Gasteiger partial charge in [0.1, 0.15) is 12.2 Å². The molecule has 2 rings (SSSR count). The molecule has 0 atom stereocenters. The number of carbonyl (C=O) groups is 1. The van der Waals surface area contributed by atoms with Crippen LogP contribution in [0.4, 0.5) is 0 Å². The number of aromatic amines is 1. The summed E-state index contributed by atoms with van der Waals surface area (Å²) >= 11 is 0. The van der Waals surface area contributed by atoms with E-state index >= 15 is 0 Å². The van der Waals surface area contributed by atoms with Crippen LogP contribution >= 0.6 is 0 Å². The summed E-state index contributed by atoms with van der Waals surface area (Å²) in [5.74, 6) is 0.982. The Morgan fingerprint density at radius 2 is 2.38 bits per heavy atom. The number of hydrogen-bond acceptors (Lipinski definition) is 5. The predicted octanol–water partition coefficient (Wildman–Crippen LogP) is 0.340. The fourth-order valence-electron chi connectivity index (χ4n) is 1.30. The molecule has 0 radical (unpaired) electrons. The Morgan fingerprint density at radius 1 is 1.56 bits per heavy atom. The second kappa shape index (κ2) is 4.13. The maximum absolute atomic E-state index is 11.7. The molecule has 0 aromatic carbocycles. The summed E-state index contributed by atoms with van der Waals surface area (Å²) in [5, 5.41) is 8.96. The highest BCUT2D eigenvalue weighted by molar-refractivity contribution is 5.92. The molecule has 0 aliphatic carbocycles. The Bertz CT molecular complexity index is 488. The molecule has 0 fully saturated rings. The van der Waals surface area contributed by atoms with E-state index in [1.807, 2.05) is 0 Å². The number of rotatable bonds is 3.